The fraction of sp³-hybridized carbons (Fsp3) is 0.423. The Morgan fingerprint density at radius 2 is 2.03 bits per heavy atom. The molecule has 1 fully saturated rings. The van der Waals surface area contributed by atoms with Crippen molar-refractivity contribution in [3.8, 4) is 5.75 Å². The lowest BCUT2D eigenvalue weighted by Crippen LogP contribution is -2.38. The number of aromatic nitrogens is 1. The molecule has 176 valence electrons. The minimum atomic E-state index is 0.687. The maximum Gasteiger partial charge on any atom is 0.191 e. The second-order valence-electron chi connectivity index (χ2n) is 8.42. The standard InChI is InChI=1S/C26H35N5O2/c1-20-6-7-24-22(19-29-25(24)16-20)8-9-28-26(27-2)30-18-21-4-3-5-23(17-21)33-15-12-31-10-13-32-14-11-31/h3-7,16-17,19,29H,8-15,18H2,1-2H3,(H2,27,28,30). The molecule has 0 spiro atoms. The van der Waals surface area contributed by atoms with Gasteiger partial charge in [0.15, 0.2) is 5.96 Å². The number of morpholine rings is 1. The number of H-pyrrole nitrogens is 1. The number of hydrogen-bond donors (Lipinski definition) is 3. The number of aryl methyl sites for hydroxylation is 1. The highest BCUT2D eigenvalue weighted by molar-refractivity contribution is 5.84. The smallest absolute Gasteiger partial charge is 0.191 e. The Labute approximate surface area is 196 Å². The number of aliphatic imine (C=N–C) groups is 1. The van der Waals surface area contributed by atoms with Crippen molar-refractivity contribution in [3.63, 3.8) is 0 Å². The minimum absolute atomic E-state index is 0.687. The summed E-state index contributed by atoms with van der Waals surface area (Å²) in [6, 6.07) is 14.8. The Kier molecular flexibility index (Phi) is 8.22. The van der Waals surface area contributed by atoms with Crippen LogP contribution in [-0.2, 0) is 17.7 Å². The van der Waals surface area contributed by atoms with Gasteiger partial charge < -0.3 is 25.1 Å². The van der Waals surface area contributed by atoms with Crippen LogP contribution in [0.25, 0.3) is 10.9 Å². The lowest BCUT2D eigenvalue weighted by molar-refractivity contribution is 0.0322. The number of ether oxygens (including phenoxy) is 2. The van der Waals surface area contributed by atoms with Gasteiger partial charge in [-0.15, -0.1) is 0 Å². The molecule has 1 aromatic heterocycles. The van der Waals surface area contributed by atoms with E-state index in [-0.39, 0.29) is 0 Å². The van der Waals surface area contributed by atoms with Crippen molar-refractivity contribution in [2.75, 3.05) is 53.0 Å². The molecule has 1 saturated heterocycles. The highest BCUT2D eigenvalue weighted by Crippen LogP contribution is 2.19. The predicted molar refractivity (Wildman–Crippen MR) is 134 cm³/mol. The number of aromatic amines is 1. The lowest BCUT2D eigenvalue weighted by Gasteiger charge is -2.26. The summed E-state index contributed by atoms with van der Waals surface area (Å²) in [6.07, 6.45) is 3.03. The molecule has 33 heavy (non-hydrogen) atoms. The van der Waals surface area contributed by atoms with Gasteiger partial charge in [0, 0.05) is 56.9 Å². The molecule has 1 aliphatic rings. The third-order valence-corrected chi connectivity index (χ3v) is 5.97. The maximum absolute atomic E-state index is 5.97. The van der Waals surface area contributed by atoms with Gasteiger partial charge in [0.05, 0.1) is 13.2 Å². The SMILES string of the molecule is CN=C(NCCc1c[nH]c2cc(C)ccc12)NCc1cccc(OCCN2CCOCC2)c1. The van der Waals surface area contributed by atoms with E-state index in [0.29, 0.717) is 13.2 Å². The van der Waals surface area contributed by atoms with Crippen LogP contribution in [0, 0.1) is 6.92 Å². The minimum Gasteiger partial charge on any atom is -0.492 e. The van der Waals surface area contributed by atoms with Crippen molar-refractivity contribution in [2.45, 2.75) is 19.9 Å². The third kappa shape index (κ3) is 6.73. The number of hydrogen-bond acceptors (Lipinski definition) is 4. The summed E-state index contributed by atoms with van der Waals surface area (Å²) >= 11 is 0. The zero-order chi connectivity index (χ0) is 22.9. The first-order chi connectivity index (χ1) is 16.2. The maximum atomic E-state index is 5.97. The quantitative estimate of drug-likeness (QED) is 0.346. The van der Waals surface area contributed by atoms with E-state index in [1.807, 2.05) is 12.1 Å². The van der Waals surface area contributed by atoms with Crippen LogP contribution in [0.4, 0.5) is 0 Å². The van der Waals surface area contributed by atoms with E-state index in [9.17, 15) is 0 Å². The normalized spacial score (nSPS) is 15.0. The molecule has 1 aliphatic heterocycles. The van der Waals surface area contributed by atoms with E-state index in [2.05, 4.69) is 69.0 Å². The molecule has 2 aromatic carbocycles. The molecular weight excluding hydrogens is 414 g/mol. The van der Waals surface area contributed by atoms with Crippen LogP contribution >= 0.6 is 0 Å². The van der Waals surface area contributed by atoms with Crippen LogP contribution in [0.3, 0.4) is 0 Å². The van der Waals surface area contributed by atoms with Gasteiger partial charge in [-0.25, -0.2) is 0 Å². The second kappa shape index (κ2) is 11.7. The van der Waals surface area contributed by atoms with Crippen molar-refractivity contribution >= 4 is 16.9 Å². The first kappa shape index (κ1) is 23.1. The Hall–Kier alpha value is -3.03. The van der Waals surface area contributed by atoms with Crippen molar-refractivity contribution in [3.05, 3.63) is 65.4 Å². The van der Waals surface area contributed by atoms with E-state index >= 15 is 0 Å². The molecule has 7 heteroatoms. The monoisotopic (exact) mass is 449 g/mol. The first-order valence-corrected chi connectivity index (χ1v) is 11.7. The molecule has 0 aliphatic carbocycles. The predicted octanol–water partition coefficient (Wildman–Crippen LogP) is 3.10. The molecule has 2 heterocycles. The molecule has 0 radical (unpaired) electrons. The van der Waals surface area contributed by atoms with Gasteiger partial charge in [-0.2, -0.15) is 0 Å². The van der Waals surface area contributed by atoms with Crippen LogP contribution in [0.5, 0.6) is 5.75 Å². The van der Waals surface area contributed by atoms with Crippen LogP contribution in [-0.4, -0.2) is 68.9 Å². The molecule has 3 aromatic rings. The fourth-order valence-electron chi connectivity index (χ4n) is 4.09. The first-order valence-electron chi connectivity index (χ1n) is 11.7. The van der Waals surface area contributed by atoms with Gasteiger partial charge in [0.2, 0.25) is 0 Å². The summed E-state index contributed by atoms with van der Waals surface area (Å²) in [5.74, 6) is 1.70. The molecule has 3 N–H and O–H groups in total. The molecule has 4 rings (SSSR count). The van der Waals surface area contributed by atoms with Gasteiger partial charge in [-0.1, -0.05) is 24.3 Å². The van der Waals surface area contributed by atoms with Gasteiger partial charge in [-0.3, -0.25) is 9.89 Å². The lowest BCUT2D eigenvalue weighted by atomic mass is 10.1. The molecule has 7 nitrogen and oxygen atoms in total. The van der Waals surface area contributed by atoms with Crippen molar-refractivity contribution < 1.29 is 9.47 Å². The molecule has 0 saturated carbocycles. The summed E-state index contributed by atoms with van der Waals surface area (Å²) in [5.41, 5.74) is 4.94. The van der Waals surface area contributed by atoms with Crippen molar-refractivity contribution in [1.82, 2.24) is 20.5 Å². The summed E-state index contributed by atoms with van der Waals surface area (Å²) in [4.78, 5) is 10.1. The van der Waals surface area contributed by atoms with Crippen molar-refractivity contribution in [1.29, 1.82) is 0 Å². The zero-order valence-corrected chi connectivity index (χ0v) is 19.7. The average Bonchev–Trinajstić information content (AvgIpc) is 3.24. The second-order valence-corrected chi connectivity index (χ2v) is 8.42. The van der Waals surface area contributed by atoms with Crippen LogP contribution in [0.15, 0.2) is 53.7 Å². The van der Waals surface area contributed by atoms with Gasteiger partial charge in [0.25, 0.3) is 0 Å². The van der Waals surface area contributed by atoms with E-state index in [1.165, 1.54) is 22.0 Å². The summed E-state index contributed by atoms with van der Waals surface area (Å²) in [7, 11) is 1.80. The summed E-state index contributed by atoms with van der Waals surface area (Å²) < 4.78 is 11.4. The number of nitrogens with zero attached hydrogens (tertiary/aromatic N) is 2. The van der Waals surface area contributed by atoms with Crippen LogP contribution in [0.2, 0.25) is 0 Å². The number of nitrogens with one attached hydrogen (secondary N) is 3. The molecule has 0 bridgehead atoms. The Bertz CT molecular complexity index is 1060. The van der Waals surface area contributed by atoms with E-state index < -0.39 is 0 Å². The van der Waals surface area contributed by atoms with E-state index in [4.69, 9.17) is 9.47 Å². The fourth-order valence-corrected chi connectivity index (χ4v) is 4.09. The van der Waals surface area contributed by atoms with Gasteiger partial charge in [-0.05, 0) is 48.2 Å². The Balaban J connectivity index is 1.20. The third-order valence-electron chi connectivity index (χ3n) is 5.97. The Morgan fingerprint density at radius 1 is 1.15 bits per heavy atom. The number of fused-ring (bicyclic) bond motifs is 1. The van der Waals surface area contributed by atoms with Crippen LogP contribution < -0.4 is 15.4 Å². The number of guanidine groups is 1. The Morgan fingerprint density at radius 3 is 2.88 bits per heavy atom. The van der Waals surface area contributed by atoms with E-state index in [0.717, 1.165) is 63.1 Å². The van der Waals surface area contributed by atoms with Crippen molar-refractivity contribution in [2.24, 2.45) is 4.99 Å². The number of benzene rings is 2. The molecule has 0 atom stereocenters. The van der Waals surface area contributed by atoms with Gasteiger partial charge in [0.1, 0.15) is 12.4 Å². The molecule has 0 unspecified atom stereocenters. The molecule has 0 amide bonds. The highest BCUT2D eigenvalue weighted by Gasteiger charge is 2.10. The average molecular weight is 450 g/mol. The van der Waals surface area contributed by atoms with Gasteiger partial charge >= 0.3 is 0 Å². The summed E-state index contributed by atoms with van der Waals surface area (Å²) in [5, 5.41) is 8.10. The zero-order valence-electron chi connectivity index (χ0n) is 19.7. The van der Waals surface area contributed by atoms with Crippen LogP contribution in [0.1, 0.15) is 16.7 Å². The summed E-state index contributed by atoms with van der Waals surface area (Å²) in [6.45, 7) is 8.84. The topological polar surface area (TPSA) is 73.9 Å². The highest BCUT2D eigenvalue weighted by atomic mass is 16.5. The molecular formula is C26H35N5O2. The largest absolute Gasteiger partial charge is 0.492 e. The van der Waals surface area contributed by atoms with E-state index in [1.54, 1.807) is 7.05 Å². The number of rotatable bonds is 9.